The van der Waals surface area contributed by atoms with E-state index in [1.807, 2.05) is 37.1 Å². The minimum Gasteiger partial charge on any atom is -0.478 e. The van der Waals surface area contributed by atoms with Gasteiger partial charge in [0.15, 0.2) is 0 Å². The molecular formula is C15H18N2O3. The lowest BCUT2D eigenvalue weighted by Crippen LogP contribution is -2.24. The van der Waals surface area contributed by atoms with Gasteiger partial charge in [-0.15, -0.1) is 0 Å². The van der Waals surface area contributed by atoms with Crippen molar-refractivity contribution in [2.75, 3.05) is 31.7 Å². The minimum absolute atomic E-state index is 0.272. The number of hydrogen-bond donors (Lipinski definition) is 1. The van der Waals surface area contributed by atoms with Crippen LogP contribution in [0.25, 0.3) is 10.9 Å². The van der Waals surface area contributed by atoms with Gasteiger partial charge in [0.2, 0.25) is 0 Å². The number of carboxylic acids is 1. The van der Waals surface area contributed by atoms with Crippen molar-refractivity contribution < 1.29 is 14.6 Å². The van der Waals surface area contributed by atoms with Crippen LogP contribution in [0.15, 0.2) is 30.3 Å². The Morgan fingerprint density at radius 3 is 2.85 bits per heavy atom. The highest BCUT2D eigenvalue weighted by Crippen LogP contribution is 2.22. The largest absolute Gasteiger partial charge is 0.478 e. The summed E-state index contributed by atoms with van der Waals surface area (Å²) in [4.78, 5) is 17.8. The van der Waals surface area contributed by atoms with Crippen LogP contribution < -0.4 is 4.90 Å². The zero-order valence-electron chi connectivity index (χ0n) is 11.7. The molecule has 1 heterocycles. The summed E-state index contributed by atoms with van der Waals surface area (Å²) in [5.41, 5.74) is 0.958. The van der Waals surface area contributed by atoms with Crippen molar-refractivity contribution in [3.8, 4) is 0 Å². The molecule has 0 radical (unpaired) electrons. The molecule has 0 fully saturated rings. The van der Waals surface area contributed by atoms with Crippen LogP contribution in [0, 0.1) is 0 Å². The Bertz CT molecular complexity index is 613. The second-order valence-electron chi connectivity index (χ2n) is 4.47. The number of likely N-dealkylation sites (N-methyl/N-ethyl adjacent to an activating group) is 1. The Labute approximate surface area is 117 Å². The summed E-state index contributed by atoms with van der Waals surface area (Å²) < 4.78 is 5.31. The number of benzene rings is 1. The monoisotopic (exact) mass is 274 g/mol. The number of nitrogens with zero attached hydrogens (tertiary/aromatic N) is 2. The van der Waals surface area contributed by atoms with Crippen LogP contribution in [0.4, 0.5) is 5.82 Å². The van der Waals surface area contributed by atoms with Gasteiger partial charge in [-0.05, 0) is 19.1 Å². The Kier molecular flexibility index (Phi) is 4.53. The molecule has 2 rings (SSSR count). The van der Waals surface area contributed by atoms with Crippen LogP contribution in [0.2, 0.25) is 0 Å². The first-order chi connectivity index (χ1) is 9.63. The molecule has 0 saturated carbocycles. The van der Waals surface area contributed by atoms with Gasteiger partial charge in [0.25, 0.3) is 0 Å². The standard InChI is InChI=1S/C15H18N2O3/c1-3-20-9-8-17(2)14-10-12(15(18)19)11-6-4-5-7-13(11)16-14/h4-7,10H,3,8-9H2,1-2H3,(H,18,19). The van der Waals surface area contributed by atoms with Crippen molar-refractivity contribution in [3.05, 3.63) is 35.9 Å². The van der Waals surface area contributed by atoms with E-state index >= 15 is 0 Å². The Morgan fingerprint density at radius 1 is 1.40 bits per heavy atom. The average molecular weight is 274 g/mol. The molecule has 0 unspecified atom stereocenters. The summed E-state index contributed by atoms with van der Waals surface area (Å²) >= 11 is 0. The molecule has 0 atom stereocenters. The van der Waals surface area contributed by atoms with Gasteiger partial charge in [-0.2, -0.15) is 0 Å². The van der Waals surface area contributed by atoms with Crippen LogP contribution in [-0.2, 0) is 4.74 Å². The first-order valence-electron chi connectivity index (χ1n) is 6.55. The number of aromatic nitrogens is 1. The number of fused-ring (bicyclic) bond motifs is 1. The van der Waals surface area contributed by atoms with E-state index in [2.05, 4.69) is 4.98 Å². The van der Waals surface area contributed by atoms with Gasteiger partial charge in [-0.1, -0.05) is 18.2 Å². The van der Waals surface area contributed by atoms with E-state index in [0.29, 0.717) is 36.5 Å². The molecule has 0 spiro atoms. The highest BCUT2D eigenvalue weighted by atomic mass is 16.5. The SMILES string of the molecule is CCOCCN(C)c1cc(C(=O)O)c2ccccc2n1. The molecule has 106 valence electrons. The molecule has 1 N–H and O–H groups in total. The van der Waals surface area contributed by atoms with Gasteiger partial charge in [-0.25, -0.2) is 9.78 Å². The van der Waals surface area contributed by atoms with E-state index in [0.717, 1.165) is 0 Å². The summed E-state index contributed by atoms with van der Waals surface area (Å²) in [5, 5.41) is 9.99. The number of ether oxygens (including phenoxy) is 1. The Hall–Kier alpha value is -2.14. The lowest BCUT2D eigenvalue weighted by molar-refractivity contribution is 0.0699. The molecule has 1 aromatic heterocycles. The minimum atomic E-state index is -0.942. The third-order valence-electron chi connectivity index (χ3n) is 3.10. The second-order valence-corrected chi connectivity index (χ2v) is 4.47. The van der Waals surface area contributed by atoms with Crippen molar-refractivity contribution in [3.63, 3.8) is 0 Å². The number of rotatable bonds is 6. The van der Waals surface area contributed by atoms with Gasteiger partial charge in [0.1, 0.15) is 5.82 Å². The maximum absolute atomic E-state index is 11.4. The molecule has 0 saturated heterocycles. The number of aromatic carboxylic acids is 1. The summed E-state index contributed by atoms with van der Waals surface area (Å²) in [6.07, 6.45) is 0. The first-order valence-corrected chi connectivity index (χ1v) is 6.55. The summed E-state index contributed by atoms with van der Waals surface area (Å²) in [7, 11) is 1.88. The molecule has 0 aliphatic carbocycles. The third-order valence-corrected chi connectivity index (χ3v) is 3.10. The summed E-state index contributed by atoms with van der Waals surface area (Å²) in [6, 6.07) is 8.87. The topological polar surface area (TPSA) is 62.7 Å². The molecule has 1 aromatic carbocycles. The number of para-hydroxylation sites is 1. The second kappa shape index (κ2) is 6.34. The third kappa shape index (κ3) is 3.05. The van der Waals surface area contributed by atoms with Crippen LogP contribution in [0.1, 0.15) is 17.3 Å². The van der Waals surface area contributed by atoms with Crippen molar-refractivity contribution in [2.24, 2.45) is 0 Å². The quantitative estimate of drug-likeness (QED) is 0.820. The van der Waals surface area contributed by atoms with Crippen molar-refractivity contribution >= 4 is 22.7 Å². The number of carbonyl (C=O) groups is 1. The lowest BCUT2D eigenvalue weighted by Gasteiger charge is -2.19. The number of carboxylic acid groups (broad SMARTS) is 1. The van der Waals surface area contributed by atoms with Crippen molar-refractivity contribution in [2.45, 2.75) is 6.92 Å². The van der Waals surface area contributed by atoms with E-state index < -0.39 is 5.97 Å². The fraction of sp³-hybridized carbons (Fsp3) is 0.333. The first kappa shape index (κ1) is 14.3. The van der Waals surface area contributed by atoms with E-state index in [4.69, 9.17) is 4.74 Å². The summed E-state index contributed by atoms with van der Waals surface area (Å²) in [6.45, 7) is 3.86. The molecule has 0 amide bonds. The van der Waals surface area contributed by atoms with Crippen LogP contribution >= 0.6 is 0 Å². The average Bonchev–Trinajstić information content (AvgIpc) is 2.46. The zero-order valence-corrected chi connectivity index (χ0v) is 11.7. The van der Waals surface area contributed by atoms with Crippen LogP contribution in [-0.4, -0.2) is 42.9 Å². The van der Waals surface area contributed by atoms with Gasteiger partial charge in [-0.3, -0.25) is 0 Å². The van der Waals surface area contributed by atoms with E-state index in [1.54, 1.807) is 12.1 Å². The maximum Gasteiger partial charge on any atom is 0.336 e. The van der Waals surface area contributed by atoms with E-state index in [9.17, 15) is 9.90 Å². The Balaban J connectivity index is 2.37. The van der Waals surface area contributed by atoms with Crippen LogP contribution in [0.5, 0.6) is 0 Å². The van der Waals surface area contributed by atoms with Gasteiger partial charge < -0.3 is 14.7 Å². The van der Waals surface area contributed by atoms with Crippen molar-refractivity contribution in [1.82, 2.24) is 4.98 Å². The van der Waals surface area contributed by atoms with Crippen molar-refractivity contribution in [1.29, 1.82) is 0 Å². The van der Waals surface area contributed by atoms with Gasteiger partial charge in [0.05, 0.1) is 17.7 Å². The number of hydrogen-bond acceptors (Lipinski definition) is 4. The number of anilines is 1. The molecule has 20 heavy (non-hydrogen) atoms. The fourth-order valence-corrected chi connectivity index (χ4v) is 1.99. The summed E-state index contributed by atoms with van der Waals surface area (Å²) in [5.74, 6) is -0.302. The van der Waals surface area contributed by atoms with E-state index in [-0.39, 0.29) is 5.56 Å². The normalized spacial score (nSPS) is 10.7. The Morgan fingerprint density at radius 2 is 2.15 bits per heavy atom. The smallest absolute Gasteiger partial charge is 0.336 e. The highest BCUT2D eigenvalue weighted by Gasteiger charge is 2.13. The molecule has 5 nitrogen and oxygen atoms in total. The molecule has 0 aliphatic rings. The lowest BCUT2D eigenvalue weighted by atomic mass is 10.1. The highest BCUT2D eigenvalue weighted by molar-refractivity contribution is 6.03. The molecule has 2 aromatic rings. The fourth-order valence-electron chi connectivity index (χ4n) is 1.99. The molecule has 5 heteroatoms. The molecular weight excluding hydrogens is 256 g/mol. The molecule has 0 bridgehead atoms. The maximum atomic E-state index is 11.4. The number of pyridine rings is 1. The predicted octanol–water partition coefficient (Wildman–Crippen LogP) is 2.41. The van der Waals surface area contributed by atoms with Gasteiger partial charge >= 0.3 is 5.97 Å². The van der Waals surface area contributed by atoms with E-state index in [1.165, 1.54) is 0 Å². The molecule has 0 aliphatic heterocycles. The zero-order chi connectivity index (χ0) is 14.5. The predicted molar refractivity (Wildman–Crippen MR) is 78.5 cm³/mol. The van der Waals surface area contributed by atoms with Crippen LogP contribution in [0.3, 0.4) is 0 Å². The van der Waals surface area contributed by atoms with Gasteiger partial charge in [0, 0.05) is 25.6 Å².